The van der Waals surface area contributed by atoms with Crippen LogP contribution in [0.5, 0.6) is 0 Å². The Morgan fingerprint density at radius 1 is 1.07 bits per heavy atom. The maximum Gasteiger partial charge on any atom is 0.159 e. The van der Waals surface area contributed by atoms with Crippen molar-refractivity contribution in [2.24, 2.45) is 0 Å². The lowest BCUT2D eigenvalue weighted by Crippen LogP contribution is -2.38. The molecule has 0 aliphatic carbocycles. The molecule has 8 heteroatoms. The Morgan fingerprint density at radius 3 is 2.73 bits per heavy atom. The SMILES string of the molecule is c1cnc(-c2ccc(CNc3cc(N[C@H]4CCCNC4)nc4ccnn34)cc2)nc1. The number of hydrogen-bond acceptors (Lipinski definition) is 7. The van der Waals surface area contributed by atoms with Crippen LogP contribution in [0.1, 0.15) is 18.4 Å². The maximum atomic E-state index is 4.70. The van der Waals surface area contributed by atoms with Gasteiger partial charge in [-0.1, -0.05) is 24.3 Å². The number of aromatic nitrogens is 5. The lowest BCUT2D eigenvalue weighted by Gasteiger charge is -2.24. The van der Waals surface area contributed by atoms with E-state index in [4.69, 9.17) is 4.98 Å². The molecule has 0 spiro atoms. The first-order valence-electron chi connectivity index (χ1n) is 10.3. The predicted molar refractivity (Wildman–Crippen MR) is 117 cm³/mol. The second kappa shape index (κ2) is 8.46. The molecule has 0 saturated carbocycles. The van der Waals surface area contributed by atoms with Gasteiger partial charge in [0.05, 0.1) is 6.20 Å². The molecule has 0 bridgehead atoms. The highest BCUT2D eigenvalue weighted by Gasteiger charge is 2.14. The molecule has 4 aromatic rings. The third kappa shape index (κ3) is 4.08. The van der Waals surface area contributed by atoms with Gasteiger partial charge in [-0.15, -0.1) is 0 Å². The maximum absolute atomic E-state index is 4.70. The van der Waals surface area contributed by atoms with E-state index < -0.39 is 0 Å². The quantitative estimate of drug-likeness (QED) is 0.458. The molecule has 4 heterocycles. The molecule has 1 aliphatic rings. The van der Waals surface area contributed by atoms with E-state index >= 15 is 0 Å². The molecule has 1 fully saturated rings. The fraction of sp³-hybridized carbons (Fsp3) is 0.273. The van der Waals surface area contributed by atoms with Gasteiger partial charge >= 0.3 is 0 Å². The minimum atomic E-state index is 0.400. The van der Waals surface area contributed by atoms with Crippen molar-refractivity contribution in [1.29, 1.82) is 0 Å². The second-order valence-corrected chi connectivity index (χ2v) is 7.44. The van der Waals surface area contributed by atoms with E-state index in [1.807, 2.05) is 34.8 Å². The van der Waals surface area contributed by atoms with Crippen molar-refractivity contribution >= 4 is 17.3 Å². The number of hydrogen-bond donors (Lipinski definition) is 3. The van der Waals surface area contributed by atoms with E-state index in [0.717, 1.165) is 53.7 Å². The molecule has 5 rings (SSSR count). The van der Waals surface area contributed by atoms with Crippen LogP contribution in [-0.2, 0) is 6.54 Å². The van der Waals surface area contributed by atoms with E-state index in [1.54, 1.807) is 18.6 Å². The Kier molecular flexibility index (Phi) is 5.22. The van der Waals surface area contributed by atoms with Gasteiger partial charge in [-0.2, -0.15) is 9.61 Å². The third-order valence-corrected chi connectivity index (χ3v) is 5.26. The van der Waals surface area contributed by atoms with Crippen molar-refractivity contribution in [3.63, 3.8) is 0 Å². The summed E-state index contributed by atoms with van der Waals surface area (Å²) >= 11 is 0. The molecule has 3 N–H and O–H groups in total. The summed E-state index contributed by atoms with van der Waals surface area (Å²) in [5, 5.41) is 14.9. The van der Waals surface area contributed by atoms with Crippen molar-refractivity contribution in [3.05, 3.63) is 66.6 Å². The van der Waals surface area contributed by atoms with Gasteiger partial charge in [0.2, 0.25) is 0 Å². The van der Waals surface area contributed by atoms with Gasteiger partial charge in [0.1, 0.15) is 11.6 Å². The number of piperidine rings is 1. The first-order valence-corrected chi connectivity index (χ1v) is 10.3. The fourth-order valence-electron chi connectivity index (χ4n) is 3.71. The van der Waals surface area contributed by atoms with Crippen LogP contribution in [0.15, 0.2) is 61.1 Å². The van der Waals surface area contributed by atoms with Crippen LogP contribution >= 0.6 is 0 Å². The summed E-state index contributed by atoms with van der Waals surface area (Å²) in [6, 6.07) is 14.4. The molecule has 1 saturated heterocycles. The number of nitrogens with one attached hydrogen (secondary N) is 3. The number of nitrogens with zero attached hydrogens (tertiary/aromatic N) is 5. The van der Waals surface area contributed by atoms with Gasteiger partial charge in [-0.25, -0.2) is 15.0 Å². The lowest BCUT2D eigenvalue weighted by atomic mass is 10.1. The van der Waals surface area contributed by atoms with Crippen LogP contribution in [0.4, 0.5) is 11.6 Å². The largest absolute Gasteiger partial charge is 0.366 e. The van der Waals surface area contributed by atoms with Crippen molar-refractivity contribution < 1.29 is 0 Å². The number of rotatable bonds is 6. The summed E-state index contributed by atoms with van der Waals surface area (Å²) in [5.74, 6) is 2.51. The molecule has 30 heavy (non-hydrogen) atoms. The van der Waals surface area contributed by atoms with Crippen LogP contribution in [0.3, 0.4) is 0 Å². The Hall–Kier alpha value is -3.52. The summed E-state index contributed by atoms with van der Waals surface area (Å²) in [6.07, 6.45) is 7.62. The molecule has 152 valence electrons. The van der Waals surface area contributed by atoms with Crippen molar-refractivity contribution in [1.82, 2.24) is 29.9 Å². The van der Waals surface area contributed by atoms with E-state index in [1.165, 1.54) is 6.42 Å². The zero-order chi connectivity index (χ0) is 20.2. The molecule has 8 nitrogen and oxygen atoms in total. The minimum Gasteiger partial charge on any atom is -0.366 e. The van der Waals surface area contributed by atoms with Crippen molar-refractivity contribution in [3.8, 4) is 11.4 Å². The highest BCUT2D eigenvalue weighted by Crippen LogP contribution is 2.20. The van der Waals surface area contributed by atoms with Gasteiger partial charge in [-0.3, -0.25) is 0 Å². The van der Waals surface area contributed by atoms with Crippen LogP contribution in [0, 0.1) is 0 Å². The molecule has 3 aromatic heterocycles. The average Bonchev–Trinajstić information content (AvgIpc) is 3.28. The van der Waals surface area contributed by atoms with Crippen LogP contribution < -0.4 is 16.0 Å². The zero-order valence-electron chi connectivity index (χ0n) is 16.6. The van der Waals surface area contributed by atoms with Crippen molar-refractivity contribution in [2.45, 2.75) is 25.4 Å². The molecule has 1 aromatic carbocycles. The molecular weight excluding hydrogens is 376 g/mol. The van der Waals surface area contributed by atoms with Crippen LogP contribution in [0.2, 0.25) is 0 Å². The molecule has 0 radical (unpaired) electrons. The normalized spacial score (nSPS) is 16.5. The standard InChI is InChI=1S/C22H24N8/c1-3-18(15-23-9-1)28-19-13-21(30-20(29-19)8-12-27-30)26-14-16-4-6-17(7-5-16)22-24-10-2-11-25-22/h2,4-8,10-13,18,23,26H,1,3,9,14-15H2,(H,28,29)/t18-/m0/s1. The first kappa shape index (κ1) is 18.5. The summed E-state index contributed by atoms with van der Waals surface area (Å²) in [4.78, 5) is 13.3. The van der Waals surface area contributed by atoms with E-state index in [-0.39, 0.29) is 0 Å². The Labute approximate surface area is 174 Å². The second-order valence-electron chi connectivity index (χ2n) is 7.44. The van der Waals surface area contributed by atoms with Crippen LogP contribution in [-0.4, -0.2) is 43.7 Å². The topological polar surface area (TPSA) is 92.1 Å². The highest BCUT2D eigenvalue weighted by atomic mass is 15.3. The molecule has 1 aliphatic heterocycles. The summed E-state index contributed by atoms with van der Waals surface area (Å²) in [5.41, 5.74) is 2.99. The molecule has 0 unspecified atom stereocenters. The fourth-order valence-corrected chi connectivity index (χ4v) is 3.71. The molecule has 0 amide bonds. The smallest absolute Gasteiger partial charge is 0.159 e. The number of benzene rings is 1. The van der Waals surface area contributed by atoms with Gasteiger partial charge in [0.15, 0.2) is 11.5 Å². The minimum absolute atomic E-state index is 0.400. The van der Waals surface area contributed by atoms with Gasteiger partial charge < -0.3 is 16.0 Å². The van der Waals surface area contributed by atoms with Crippen molar-refractivity contribution in [2.75, 3.05) is 23.7 Å². The molecule has 1 atom stereocenters. The van der Waals surface area contributed by atoms with Gasteiger partial charge in [0, 0.05) is 49.2 Å². The molecular formula is C22H24N8. The average molecular weight is 400 g/mol. The van der Waals surface area contributed by atoms with Crippen LogP contribution in [0.25, 0.3) is 17.0 Å². The van der Waals surface area contributed by atoms with E-state index in [0.29, 0.717) is 12.6 Å². The number of anilines is 2. The highest BCUT2D eigenvalue weighted by molar-refractivity contribution is 5.58. The predicted octanol–water partition coefficient (Wildman–Crippen LogP) is 2.96. The lowest BCUT2D eigenvalue weighted by molar-refractivity contribution is 0.479. The summed E-state index contributed by atoms with van der Waals surface area (Å²) in [7, 11) is 0. The summed E-state index contributed by atoms with van der Waals surface area (Å²) in [6.45, 7) is 2.74. The zero-order valence-corrected chi connectivity index (χ0v) is 16.6. The van der Waals surface area contributed by atoms with E-state index in [9.17, 15) is 0 Å². The van der Waals surface area contributed by atoms with E-state index in [2.05, 4.69) is 43.1 Å². The Morgan fingerprint density at radius 2 is 1.93 bits per heavy atom. The summed E-state index contributed by atoms with van der Waals surface area (Å²) < 4.78 is 1.83. The monoisotopic (exact) mass is 400 g/mol. The Bertz CT molecular complexity index is 1100. The Balaban J connectivity index is 1.31. The first-order chi connectivity index (χ1) is 14.8. The number of fused-ring (bicyclic) bond motifs is 1. The van der Waals surface area contributed by atoms with Gasteiger partial charge in [0.25, 0.3) is 0 Å². The van der Waals surface area contributed by atoms with Gasteiger partial charge in [-0.05, 0) is 31.0 Å². The third-order valence-electron chi connectivity index (χ3n) is 5.26.